The van der Waals surface area contributed by atoms with Crippen molar-refractivity contribution in [2.24, 2.45) is 5.41 Å². The standard InChI is InChI=1S/C9H20N2.ClH/c1-9(8-11(2)3)4-6-10-7-5-9;/h10H,4-8H2,1-3H3;1H. The second-order valence-electron chi connectivity index (χ2n) is 4.30. The van der Waals surface area contributed by atoms with E-state index < -0.39 is 0 Å². The van der Waals surface area contributed by atoms with Crippen molar-refractivity contribution < 1.29 is 0 Å². The molecule has 0 unspecified atom stereocenters. The van der Waals surface area contributed by atoms with Crippen LogP contribution in [0.5, 0.6) is 0 Å². The van der Waals surface area contributed by atoms with Crippen LogP contribution in [-0.4, -0.2) is 38.6 Å². The molecule has 1 fully saturated rings. The average Bonchev–Trinajstić information content (AvgIpc) is 1.85. The van der Waals surface area contributed by atoms with Gasteiger partial charge in [-0.15, -0.1) is 12.4 Å². The zero-order chi connectivity index (χ0) is 8.32. The molecule has 1 aliphatic heterocycles. The Morgan fingerprint density at radius 3 is 2.17 bits per heavy atom. The first-order valence-corrected chi connectivity index (χ1v) is 4.48. The van der Waals surface area contributed by atoms with E-state index in [0.29, 0.717) is 5.41 Å². The van der Waals surface area contributed by atoms with E-state index in [1.54, 1.807) is 0 Å². The lowest BCUT2D eigenvalue weighted by molar-refractivity contribution is 0.165. The lowest BCUT2D eigenvalue weighted by Gasteiger charge is -2.36. The van der Waals surface area contributed by atoms with Crippen LogP contribution in [0.4, 0.5) is 0 Å². The zero-order valence-corrected chi connectivity index (χ0v) is 9.21. The molecule has 0 saturated carbocycles. The highest BCUT2D eigenvalue weighted by molar-refractivity contribution is 5.85. The number of nitrogens with one attached hydrogen (secondary N) is 1. The fourth-order valence-corrected chi connectivity index (χ4v) is 1.95. The Morgan fingerprint density at radius 2 is 1.75 bits per heavy atom. The molecule has 12 heavy (non-hydrogen) atoms. The number of rotatable bonds is 2. The van der Waals surface area contributed by atoms with Crippen LogP contribution < -0.4 is 5.32 Å². The third-order valence-electron chi connectivity index (χ3n) is 2.51. The van der Waals surface area contributed by atoms with E-state index in [-0.39, 0.29) is 12.4 Å². The van der Waals surface area contributed by atoms with E-state index in [9.17, 15) is 0 Å². The van der Waals surface area contributed by atoms with Crippen molar-refractivity contribution in [2.75, 3.05) is 33.7 Å². The Kier molecular flexibility index (Phi) is 5.14. The first kappa shape index (κ1) is 12.2. The van der Waals surface area contributed by atoms with Crippen molar-refractivity contribution in [3.63, 3.8) is 0 Å². The second kappa shape index (κ2) is 5.05. The predicted molar refractivity (Wildman–Crippen MR) is 56.0 cm³/mol. The zero-order valence-electron chi connectivity index (χ0n) is 8.39. The summed E-state index contributed by atoms with van der Waals surface area (Å²) in [5.74, 6) is 0. The molecule has 0 radical (unpaired) electrons. The Balaban J connectivity index is 0.00000121. The van der Waals surface area contributed by atoms with Gasteiger partial charge in [0.1, 0.15) is 0 Å². The predicted octanol–water partition coefficient (Wildman–Crippen LogP) is 1.36. The summed E-state index contributed by atoms with van der Waals surface area (Å²) in [6.45, 7) is 6.02. The Labute approximate surface area is 82.1 Å². The Morgan fingerprint density at radius 1 is 1.25 bits per heavy atom. The highest BCUT2D eigenvalue weighted by Gasteiger charge is 2.26. The van der Waals surface area contributed by atoms with Crippen molar-refractivity contribution in [1.29, 1.82) is 0 Å². The van der Waals surface area contributed by atoms with Gasteiger partial charge in [0.25, 0.3) is 0 Å². The fourth-order valence-electron chi connectivity index (χ4n) is 1.95. The molecule has 1 aliphatic rings. The molecule has 3 heteroatoms. The van der Waals surface area contributed by atoms with E-state index in [0.717, 1.165) is 0 Å². The first-order chi connectivity index (χ1) is 5.12. The van der Waals surface area contributed by atoms with Crippen molar-refractivity contribution >= 4 is 12.4 Å². The van der Waals surface area contributed by atoms with E-state index in [4.69, 9.17) is 0 Å². The first-order valence-electron chi connectivity index (χ1n) is 4.48. The molecule has 2 nitrogen and oxygen atoms in total. The van der Waals surface area contributed by atoms with Crippen LogP contribution in [0.3, 0.4) is 0 Å². The highest BCUT2D eigenvalue weighted by atomic mass is 35.5. The maximum Gasteiger partial charge on any atom is 0.00302 e. The van der Waals surface area contributed by atoms with Gasteiger partial charge in [-0.3, -0.25) is 0 Å². The molecule has 1 saturated heterocycles. The van der Waals surface area contributed by atoms with Gasteiger partial charge in [0.2, 0.25) is 0 Å². The number of nitrogens with zero attached hydrogens (tertiary/aromatic N) is 1. The molecular formula is C9H21ClN2. The molecule has 0 aromatic rings. The lowest BCUT2D eigenvalue weighted by atomic mass is 9.81. The summed E-state index contributed by atoms with van der Waals surface area (Å²) in [4.78, 5) is 2.30. The van der Waals surface area contributed by atoms with Gasteiger partial charge in [-0.25, -0.2) is 0 Å². The Hall–Kier alpha value is 0.210. The van der Waals surface area contributed by atoms with E-state index >= 15 is 0 Å². The Bertz CT molecular complexity index is 120. The SMILES string of the molecule is CN(C)CC1(C)CCNCC1.Cl. The van der Waals surface area contributed by atoms with Crippen LogP contribution in [0, 0.1) is 5.41 Å². The summed E-state index contributed by atoms with van der Waals surface area (Å²) >= 11 is 0. The molecule has 0 amide bonds. The van der Waals surface area contributed by atoms with E-state index in [1.807, 2.05) is 0 Å². The molecule has 0 bridgehead atoms. The summed E-state index contributed by atoms with van der Waals surface area (Å²) in [5, 5.41) is 3.39. The molecule has 74 valence electrons. The normalized spacial score (nSPS) is 22.0. The van der Waals surface area contributed by atoms with Crippen LogP contribution in [-0.2, 0) is 0 Å². The molecule has 0 aliphatic carbocycles. The van der Waals surface area contributed by atoms with Gasteiger partial charge in [0.15, 0.2) is 0 Å². The second-order valence-corrected chi connectivity index (χ2v) is 4.30. The molecular weight excluding hydrogens is 172 g/mol. The number of hydrogen-bond donors (Lipinski definition) is 1. The minimum atomic E-state index is 0. The molecule has 1 N–H and O–H groups in total. The topological polar surface area (TPSA) is 15.3 Å². The monoisotopic (exact) mass is 192 g/mol. The maximum absolute atomic E-state index is 3.39. The largest absolute Gasteiger partial charge is 0.317 e. The third kappa shape index (κ3) is 3.74. The number of halogens is 1. The molecule has 0 spiro atoms. The van der Waals surface area contributed by atoms with Crippen LogP contribution in [0.25, 0.3) is 0 Å². The minimum Gasteiger partial charge on any atom is -0.317 e. The van der Waals surface area contributed by atoms with Gasteiger partial charge in [0, 0.05) is 6.54 Å². The molecule has 1 rings (SSSR count). The van der Waals surface area contributed by atoms with Gasteiger partial charge < -0.3 is 10.2 Å². The summed E-state index contributed by atoms with van der Waals surface area (Å²) < 4.78 is 0. The summed E-state index contributed by atoms with van der Waals surface area (Å²) in [6.07, 6.45) is 2.65. The quantitative estimate of drug-likeness (QED) is 0.711. The van der Waals surface area contributed by atoms with Crippen LogP contribution >= 0.6 is 12.4 Å². The molecule has 0 atom stereocenters. The van der Waals surface area contributed by atoms with Gasteiger partial charge in [-0.1, -0.05) is 6.92 Å². The van der Waals surface area contributed by atoms with Crippen LogP contribution in [0.2, 0.25) is 0 Å². The van der Waals surface area contributed by atoms with Crippen LogP contribution in [0.1, 0.15) is 19.8 Å². The third-order valence-corrected chi connectivity index (χ3v) is 2.51. The van der Waals surface area contributed by atoms with Crippen molar-refractivity contribution in [1.82, 2.24) is 10.2 Å². The summed E-state index contributed by atoms with van der Waals surface area (Å²) in [6, 6.07) is 0. The van der Waals surface area contributed by atoms with E-state index in [2.05, 4.69) is 31.2 Å². The van der Waals surface area contributed by atoms with Crippen LogP contribution in [0.15, 0.2) is 0 Å². The smallest absolute Gasteiger partial charge is 0.00302 e. The summed E-state index contributed by atoms with van der Waals surface area (Å²) in [7, 11) is 4.32. The molecule has 1 heterocycles. The maximum atomic E-state index is 3.39. The van der Waals surface area contributed by atoms with Crippen molar-refractivity contribution in [3.8, 4) is 0 Å². The number of piperidine rings is 1. The van der Waals surface area contributed by atoms with E-state index in [1.165, 1.54) is 32.5 Å². The summed E-state index contributed by atoms with van der Waals surface area (Å²) in [5.41, 5.74) is 0.564. The van der Waals surface area contributed by atoms with Gasteiger partial charge in [-0.2, -0.15) is 0 Å². The average molecular weight is 193 g/mol. The lowest BCUT2D eigenvalue weighted by Crippen LogP contribution is -2.40. The molecule has 0 aromatic heterocycles. The van der Waals surface area contributed by atoms with Gasteiger partial charge in [0.05, 0.1) is 0 Å². The highest BCUT2D eigenvalue weighted by Crippen LogP contribution is 2.27. The molecule has 0 aromatic carbocycles. The van der Waals surface area contributed by atoms with Gasteiger partial charge >= 0.3 is 0 Å². The number of hydrogen-bond acceptors (Lipinski definition) is 2. The minimum absolute atomic E-state index is 0. The fraction of sp³-hybridized carbons (Fsp3) is 1.00. The van der Waals surface area contributed by atoms with Crippen molar-refractivity contribution in [3.05, 3.63) is 0 Å². The van der Waals surface area contributed by atoms with Crippen molar-refractivity contribution in [2.45, 2.75) is 19.8 Å². The van der Waals surface area contributed by atoms with Gasteiger partial charge in [-0.05, 0) is 45.4 Å².